The molecule has 2 fully saturated rings. The second kappa shape index (κ2) is 15.9. The van der Waals surface area contributed by atoms with Gasteiger partial charge in [0, 0.05) is 6.08 Å². The van der Waals surface area contributed by atoms with E-state index < -0.39 is 74.0 Å². The number of methoxy groups -OCH3 is 2. The Balaban J connectivity index is 1.45. The summed E-state index contributed by atoms with van der Waals surface area (Å²) in [4.78, 5) is 12.6. The Kier molecular flexibility index (Phi) is 12.2. The molecule has 4 rings (SSSR count). The average molecular weight is 653 g/mol. The molecule has 15 heteroatoms. The van der Waals surface area contributed by atoms with Crippen LogP contribution >= 0.6 is 0 Å². The van der Waals surface area contributed by atoms with Crippen LogP contribution in [0.4, 0.5) is 0 Å². The lowest BCUT2D eigenvalue weighted by molar-refractivity contribution is -0.356. The zero-order chi connectivity index (χ0) is 33.5. The van der Waals surface area contributed by atoms with Crippen LogP contribution < -0.4 is 9.47 Å². The van der Waals surface area contributed by atoms with E-state index in [4.69, 9.17) is 33.2 Å². The van der Waals surface area contributed by atoms with Gasteiger partial charge < -0.3 is 68.9 Å². The van der Waals surface area contributed by atoms with E-state index in [1.807, 2.05) is 0 Å². The second-order valence-corrected chi connectivity index (χ2v) is 10.8. The number of ether oxygens (including phenoxy) is 7. The van der Waals surface area contributed by atoms with Gasteiger partial charge in [-0.25, -0.2) is 4.79 Å². The van der Waals surface area contributed by atoms with Crippen LogP contribution in [0, 0.1) is 0 Å². The first-order valence-electron chi connectivity index (χ1n) is 14.5. The van der Waals surface area contributed by atoms with Crippen molar-refractivity contribution in [1.29, 1.82) is 0 Å². The lowest BCUT2D eigenvalue weighted by Crippen LogP contribution is -2.64. The molecule has 2 aromatic rings. The van der Waals surface area contributed by atoms with Gasteiger partial charge in [-0.15, -0.1) is 0 Å². The van der Waals surface area contributed by atoms with E-state index in [2.05, 4.69) is 0 Å². The number of aromatic hydroxyl groups is 2. The topological polar surface area (TPSA) is 223 Å². The quantitative estimate of drug-likeness (QED) is 0.114. The number of hydrogen-bond acceptors (Lipinski definition) is 15. The van der Waals surface area contributed by atoms with Crippen LogP contribution in [0.1, 0.15) is 18.1 Å². The molecule has 46 heavy (non-hydrogen) atoms. The van der Waals surface area contributed by atoms with Gasteiger partial charge >= 0.3 is 5.97 Å². The zero-order valence-corrected chi connectivity index (χ0v) is 25.4. The Hall–Kier alpha value is -3.51. The molecule has 2 saturated heterocycles. The van der Waals surface area contributed by atoms with Crippen LogP contribution in [0.15, 0.2) is 42.5 Å². The van der Waals surface area contributed by atoms with E-state index in [9.17, 15) is 40.5 Å². The molecule has 10 atom stereocenters. The van der Waals surface area contributed by atoms with E-state index in [1.165, 1.54) is 45.4 Å². The lowest BCUT2D eigenvalue weighted by atomic mass is 9.97. The maximum absolute atomic E-state index is 12.6. The molecule has 10 unspecified atom stereocenters. The summed E-state index contributed by atoms with van der Waals surface area (Å²) in [5.41, 5.74) is 1.27. The normalized spacial score (nSPS) is 31.5. The first kappa shape index (κ1) is 35.3. The summed E-state index contributed by atoms with van der Waals surface area (Å²) in [5.74, 6) is -0.456. The molecule has 2 aromatic carbocycles. The van der Waals surface area contributed by atoms with Gasteiger partial charge in [-0.3, -0.25) is 0 Å². The van der Waals surface area contributed by atoms with E-state index in [0.29, 0.717) is 12.0 Å². The Labute approximate surface area is 264 Å². The minimum absolute atomic E-state index is 0.00524. The predicted octanol–water partition coefficient (Wildman–Crippen LogP) is -0.410. The number of aliphatic hydroxyl groups excluding tert-OH is 5. The number of hydrogen-bond donors (Lipinski definition) is 7. The number of benzene rings is 2. The van der Waals surface area contributed by atoms with Gasteiger partial charge in [0.15, 0.2) is 35.6 Å². The highest BCUT2D eigenvalue weighted by molar-refractivity contribution is 5.87. The highest BCUT2D eigenvalue weighted by atomic mass is 16.7. The molecule has 0 aromatic heterocycles. The van der Waals surface area contributed by atoms with E-state index in [1.54, 1.807) is 18.2 Å². The first-order chi connectivity index (χ1) is 21.9. The molecule has 2 aliphatic rings. The van der Waals surface area contributed by atoms with Crippen LogP contribution in [-0.2, 0) is 34.9 Å². The van der Waals surface area contributed by atoms with Crippen molar-refractivity contribution in [3.05, 3.63) is 53.6 Å². The first-order valence-corrected chi connectivity index (χ1v) is 14.5. The van der Waals surface area contributed by atoms with Crippen molar-refractivity contribution < 1.29 is 73.7 Å². The fourth-order valence-electron chi connectivity index (χ4n) is 4.97. The Morgan fingerprint density at radius 2 is 1.48 bits per heavy atom. The van der Waals surface area contributed by atoms with Crippen molar-refractivity contribution in [3.8, 4) is 23.0 Å². The summed E-state index contributed by atoms with van der Waals surface area (Å²) in [6, 6.07) is 9.17. The van der Waals surface area contributed by atoms with Crippen LogP contribution in [0.5, 0.6) is 23.0 Å². The summed E-state index contributed by atoms with van der Waals surface area (Å²) in [7, 11) is 2.79. The van der Waals surface area contributed by atoms with Gasteiger partial charge in [-0.1, -0.05) is 12.1 Å². The fraction of sp³-hybridized carbons (Fsp3) is 0.516. The second-order valence-electron chi connectivity index (χ2n) is 10.8. The molecule has 2 heterocycles. The minimum atomic E-state index is -1.72. The molecule has 0 aliphatic carbocycles. The molecule has 0 amide bonds. The molecular weight excluding hydrogens is 612 g/mol. The molecule has 0 bridgehead atoms. The average Bonchev–Trinajstić information content (AvgIpc) is 3.05. The molecule has 2 aliphatic heterocycles. The fourth-order valence-corrected chi connectivity index (χ4v) is 4.97. The van der Waals surface area contributed by atoms with E-state index >= 15 is 0 Å². The van der Waals surface area contributed by atoms with E-state index in [-0.39, 0.29) is 29.6 Å². The van der Waals surface area contributed by atoms with Gasteiger partial charge in [0.1, 0.15) is 49.3 Å². The van der Waals surface area contributed by atoms with Crippen LogP contribution in [0.2, 0.25) is 0 Å². The molecule has 15 nitrogen and oxygen atoms in total. The number of phenols is 2. The van der Waals surface area contributed by atoms with Crippen molar-refractivity contribution in [2.75, 3.05) is 27.4 Å². The summed E-state index contributed by atoms with van der Waals surface area (Å²) >= 11 is 0. The van der Waals surface area contributed by atoms with Gasteiger partial charge in [-0.05, 0) is 54.8 Å². The summed E-state index contributed by atoms with van der Waals surface area (Å²) in [6.45, 7) is 0.946. The number of rotatable bonds is 12. The number of carbonyl (C=O) groups is 1. The molecule has 0 spiro atoms. The van der Waals surface area contributed by atoms with Gasteiger partial charge in [0.05, 0.1) is 26.9 Å². The largest absolute Gasteiger partial charge is 0.504 e. The SMILES string of the molecule is COc1cc(C=CC(=O)OCC2OC(OCCc3ccc(O)c(OC)c3)C(O)C(O)C2OC2OC(C)C(O)C(O)C2O)ccc1O. The van der Waals surface area contributed by atoms with Crippen molar-refractivity contribution in [2.45, 2.75) is 74.8 Å². The van der Waals surface area contributed by atoms with Crippen LogP contribution in [0.3, 0.4) is 0 Å². The highest BCUT2D eigenvalue weighted by Crippen LogP contribution is 2.31. The maximum atomic E-state index is 12.6. The van der Waals surface area contributed by atoms with Crippen molar-refractivity contribution in [3.63, 3.8) is 0 Å². The third-order valence-electron chi connectivity index (χ3n) is 7.66. The molecule has 254 valence electrons. The zero-order valence-electron chi connectivity index (χ0n) is 25.4. The maximum Gasteiger partial charge on any atom is 0.330 e. The number of phenolic OH excluding ortho intramolecular Hbond substituents is 2. The van der Waals surface area contributed by atoms with Crippen LogP contribution in [-0.4, -0.2) is 131 Å². The third kappa shape index (κ3) is 8.44. The number of esters is 1. The molecule has 0 saturated carbocycles. The minimum Gasteiger partial charge on any atom is -0.504 e. The third-order valence-corrected chi connectivity index (χ3v) is 7.66. The standard InChI is InChI=1S/C31H40O15/c1-15-24(35)25(36)27(38)31(44-15)46-29-22(14-43-23(34)9-6-16-4-7-18(32)20(12-16)40-2)45-30(28(39)26(29)37)42-11-10-17-5-8-19(33)21(13-17)41-3/h4-9,12-13,15,22,24-33,35-39H,10-11,14H2,1-3H3. The molecule has 0 radical (unpaired) electrons. The summed E-state index contributed by atoms with van der Waals surface area (Å²) < 4.78 is 38.4. The Bertz CT molecular complexity index is 1340. The van der Waals surface area contributed by atoms with Crippen LogP contribution in [0.25, 0.3) is 6.08 Å². The molecular formula is C31H40O15. The van der Waals surface area contributed by atoms with E-state index in [0.717, 1.165) is 11.6 Å². The monoisotopic (exact) mass is 652 g/mol. The highest BCUT2D eigenvalue weighted by Gasteiger charge is 2.50. The molecule has 7 N–H and O–H groups in total. The lowest BCUT2D eigenvalue weighted by Gasteiger charge is -2.45. The van der Waals surface area contributed by atoms with Crippen molar-refractivity contribution >= 4 is 12.0 Å². The van der Waals surface area contributed by atoms with Gasteiger partial charge in [-0.2, -0.15) is 0 Å². The smallest absolute Gasteiger partial charge is 0.330 e. The summed E-state index contributed by atoms with van der Waals surface area (Å²) in [5, 5.41) is 72.2. The van der Waals surface area contributed by atoms with Crippen molar-refractivity contribution in [2.24, 2.45) is 0 Å². The predicted molar refractivity (Wildman–Crippen MR) is 157 cm³/mol. The number of carbonyl (C=O) groups excluding carboxylic acids is 1. The Morgan fingerprint density at radius 1 is 0.826 bits per heavy atom. The number of aliphatic hydroxyl groups is 5. The van der Waals surface area contributed by atoms with Crippen molar-refractivity contribution in [1.82, 2.24) is 0 Å². The van der Waals surface area contributed by atoms with Gasteiger partial charge in [0.2, 0.25) is 0 Å². The van der Waals surface area contributed by atoms with Gasteiger partial charge in [0.25, 0.3) is 0 Å². The summed E-state index contributed by atoms with van der Waals surface area (Å²) in [6.07, 6.45) is -11.9. The Morgan fingerprint density at radius 3 is 2.17 bits per heavy atom.